The summed E-state index contributed by atoms with van der Waals surface area (Å²) < 4.78 is 1.74. The van der Waals surface area contributed by atoms with E-state index in [2.05, 4.69) is 44.9 Å². The molecule has 0 bridgehead atoms. The van der Waals surface area contributed by atoms with Gasteiger partial charge in [-0.15, -0.1) is 0 Å². The number of benzene rings is 1. The third kappa shape index (κ3) is 4.07. The molecular weight excluding hydrogens is 302 g/mol. The fourth-order valence-electron chi connectivity index (χ4n) is 3.09. The number of hydrogen-bond acceptors (Lipinski definition) is 3. The molecule has 1 saturated heterocycles. The Kier molecular flexibility index (Phi) is 5.03. The van der Waals surface area contributed by atoms with Gasteiger partial charge in [-0.25, -0.2) is 4.79 Å². The number of carbonyl (C=O) groups is 1. The van der Waals surface area contributed by atoms with Crippen molar-refractivity contribution in [3.05, 3.63) is 48.3 Å². The molecule has 0 saturated carbocycles. The number of aryl methyl sites for hydroxylation is 1. The van der Waals surface area contributed by atoms with E-state index in [-0.39, 0.29) is 18.1 Å². The van der Waals surface area contributed by atoms with E-state index in [4.69, 9.17) is 0 Å². The van der Waals surface area contributed by atoms with Crippen LogP contribution in [-0.4, -0.2) is 34.9 Å². The van der Waals surface area contributed by atoms with Crippen LogP contribution >= 0.6 is 0 Å². The van der Waals surface area contributed by atoms with Crippen molar-refractivity contribution in [2.45, 2.75) is 31.8 Å². The first-order valence-electron chi connectivity index (χ1n) is 8.47. The Hall–Kier alpha value is -2.50. The average molecular weight is 327 g/mol. The van der Waals surface area contributed by atoms with Crippen molar-refractivity contribution in [1.82, 2.24) is 20.4 Å². The average Bonchev–Trinajstić information content (AvgIpc) is 3.03. The molecule has 1 aliphatic rings. The summed E-state index contributed by atoms with van der Waals surface area (Å²) in [4.78, 5) is 14.6. The minimum absolute atomic E-state index is 0.0527. The largest absolute Gasteiger partial charge is 0.371 e. The number of nitrogens with one attached hydrogen (secondary N) is 2. The van der Waals surface area contributed by atoms with E-state index < -0.39 is 0 Å². The molecule has 3 rings (SSSR count). The normalized spacial score (nSPS) is 16.7. The highest BCUT2D eigenvalue weighted by atomic mass is 16.2. The first-order chi connectivity index (χ1) is 11.6. The first kappa shape index (κ1) is 16.4. The van der Waals surface area contributed by atoms with E-state index in [1.165, 1.54) is 5.69 Å². The SMILES string of the molecule is CC(NC(=O)NC1CCN(c2ccccc2)CC1)c1cnn(C)c1. The quantitative estimate of drug-likeness (QED) is 0.907. The smallest absolute Gasteiger partial charge is 0.315 e. The van der Waals surface area contributed by atoms with Crippen molar-refractivity contribution in [1.29, 1.82) is 0 Å². The number of amides is 2. The van der Waals surface area contributed by atoms with Crippen molar-refractivity contribution in [3.63, 3.8) is 0 Å². The zero-order valence-electron chi connectivity index (χ0n) is 14.3. The second kappa shape index (κ2) is 7.38. The topological polar surface area (TPSA) is 62.2 Å². The number of para-hydroxylation sites is 1. The van der Waals surface area contributed by atoms with Gasteiger partial charge in [-0.05, 0) is 31.9 Å². The maximum absolute atomic E-state index is 12.2. The summed E-state index contributed by atoms with van der Waals surface area (Å²) in [6.45, 7) is 3.90. The molecule has 128 valence electrons. The lowest BCUT2D eigenvalue weighted by molar-refractivity contribution is 0.231. The molecule has 1 unspecified atom stereocenters. The van der Waals surface area contributed by atoms with Crippen LogP contribution in [0, 0.1) is 0 Å². The van der Waals surface area contributed by atoms with Crippen LogP contribution in [0.4, 0.5) is 10.5 Å². The van der Waals surface area contributed by atoms with Gasteiger partial charge in [0, 0.05) is 43.6 Å². The molecule has 0 radical (unpaired) electrons. The number of nitrogens with zero attached hydrogens (tertiary/aromatic N) is 3. The van der Waals surface area contributed by atoms with E-state index in [1.54, 1.807) is 10.9 Å². The highest BCUT2D eigenvalue weighted by Gasteiger charge is 2.21. The van der Waals surface area contributed by atoms with Gasteiger partial charge >= 0.3 is 6.03 Å². The third-order valence-corrected chi connectivity index (χ3v) is 4.52. The van der Waals surface area contributed by atoms with Gasteiger partial charge in [0.05, 0.1) is 12.2 Å². The second-order valence-corrected chi connectivity index (χ2v) is 6.38. The van der Waals surface area contributed by atoms with Crippen LogP contribution < -0.4 is 15.5 Å². The molecule has 1 aliphatic heterocycles. The molecule has 1 fully saturated rings. The summed E-state index contributed by atoms with van der Waals surface area (Å²) in [5.74, 6) is 0. The molecule has 6 heteroatoms. The zero-order valence-corrected chi connectivity index (χ0v) is 14.3. The molecule has 24 heavy (non-hydrogen) atoms. The summed E-state index contributed by atoms with van der Waals surface area (Å²) in [5, 5.41) is 10.2. The van der Waals surface area contributed by atoms with Gasteiger partial charge in [-0.1, -0.05) is 18.2 Å². The molecule has 2 heterocycles. The van der Waals surface area contributed by atoms with E-state index in [0.717, 1.165) is 31.5 Å². The van der Waals surface area contributed by atoms with Crippen molar-refractivity contribution >= 4 is 11.7 Å². The predicted octanol–water partition coefficient (Wildman–Crippen LogP) is 2.45. The lowest BCUT2D eigenvalue weighted by Crippen LogP contribution is -2.48. The molecule has 2 aromatic rings. The van der Waals surface area contributed by atoms with Crippen LogP contribution in [0.15, 0.2) is 42.7 Å². The van der Waals surface area contributed by atoms with Crippen molar-refractivity contribution < 1.29 is 4.79 Å². The number of piperidine rings is 1. The number of urea groups is 1. The molecule has 1 aromatic heterocycles. The lowest BCUT2D eigenvalue weighted by atomic mass is 10.0. The molecule has 2 amide bonds. The van der Waals surface area contributed by atoms with E-state index >= 15 is 0 Å². The Bertz CT molecular complexity index is 661. The van der Waals surface area contributed by atoms with Crippen LogP contribution in [0.1, 0.15) is 31.4 Å². The Morgan fingerprint density at radius 1 is 1.25 bits per heavy atom. The van der Waals surface area contributed by atoms with E-state index in [9.17, 15) is 4.79 Å². The molecule has 0 aliphatic carbocycles. The summed E-state index contributed by atoms with van der Waals surface area (Å²) in [5.41, 5.74) is 2.26. The van der Waals surface area contributed by atoms with Gasteiger partial charge in [0.1, 0.15) is 0 Å². The molecule has 0 spiro atoms. The number of hydrogen-bond donors (Lipinski definition) is 2. The van der Waals surface area contributed by atoms with Gasteiger partial charge in [0.25, 0.3) is 0 Å². The van der Waals surface area contributed by atoms with Gasteiger partial charge in [0.2, 0.25) is 0 Å². The van der Waals surface area contributed by atoms with E-state index in [1.807, 2.05) is 26.2 Å². The molecular formula is C18H25N5O. The number of rotatable bonds is 4. The Balaban J connectivity index is 1.45. The minimum atomic E-state index is -0.107. The third-order valence-electron chi connectivity index (χ3n) is 4.52. The minimum Gasteiger partial charge on any atom is -0.371 e. The highest BCUT2D eigenvalue weighted by molar-refractivity contribution is 5.74. The summed E-state index contributed by atoms with van der Waals surface area (Å²) in [6.07, 6.45) is 5.62. The van der Waals surface area contributed by atoms with Gasteiger partial charge in [-0.2, -0.15) is 5.10 Å². The van der Waals surface area contributed by atoms with Crippen molar-refractivity contribution in [2.75, 3.05) is 18.0 Å². The van der Waals surface area contributed by atoms with Crippen LogP contribution in [0.25, 0.3) is 0 Å². The Labute approximate surface area is 142 Å². The fraction of sp³-hybridized carbons (Fsp3) is 0.444. The predicted molar refractivity (Wildman–Crippen MR) is 95.0 cm³/mol. The lowest BCUT2D eigenvalue weighted by Gasteiger charge is -2.34. The second-order valence-electron chi connectivity index (χ2n) is 6.38. The van der Waals surface area contributed by atoms with Crippen LogP contribution in [-0.2, 0) is 7.05 Å². The van der Waals surface area contributed by atoms with Crippen LogP contribution in [0.2, 0.25) is 0 Å². The summed E-state index contributed by atoms with van der Waals surface area (Å²) in [7, 11) is 1.87. The standard InChI is InChI=1S/C18H25N5O/c1-14(15-12-19-22(2)13-15)20-18(24)21-16-8-10-23(11-9-16)17-6-4-3-5-7-17/h3-7,12-14,16H,8-11H2,1-2H3,(H2,20,21,24). The monoisotopic (exact) mass is 327 g/mol. The van der Waals surface area contributed by atoms with Gasteiger partial charge in [-0.3, -0.25) is 4.68 Å². The van der Waals surface area contributed by atoms with Gasteiger partial charge < -0.3 is 15.5 Å². The summed E-state index contributed by atoms with van der Waals surface area (Å²) >= 11 is 0. The van der Waals surface area contributed by atoms with Gasteiger partial charge in [0.15, 0.2) is 0 Å². The maximum Gasteiger partial charge on any atom is 0.315 e. The molecule has 1 aromatic carbocycles. The Morgan fingerprint density at radius 3 is 2.58 bits per heavy atom. The van der Waals surface area contributed by atoms with Crippen LogP contribution in [0.5, 0.6) is 0 Å². The summed E-state index contributed by atoms with van der Waals surface area (Å²) in [6, 6.07) is 10.5. The zero-order chi connectivity index (χ0) is 16.9. The highest BCUT2D eigenvalue weighted by Crippen LogP contribution is 2.19. The molecule has 2 N–H and O–H groups in total. The van der Waals surface area contributed by atoms with Crippen LogP contribution in [0.3, 0.4) is 0 Å². The number of carbonyl (C=O) groups excluding carboxylic acids is 1. The van der Waals surface area contributed by atoms with Crippen molar-refractivity contribution in [3.8, 4) is 0 Å². The molecule has 1 atom stereocenters. The fourth-order valence-corrected chi connectivity index (χ4v) is 3.09. The number of aromatic nitrogens is 2. The Morgan fingerprint density at radius 2 is 1.96 bits per heavy atom. The maximum atomic E-state index is 12.2. The van der Waals surface area contributed by atoms with Crippen molar-refractivity contribution in [2.24, 2.45) is 7.05 Å². The number of anilines is 1. The van der Waals surface area contributed by atoms with E-state index in [0.29, 0.717) is 0 Å². The first-order valence-corrected chi connectivity index (χ1v) is 8.47. The molecule has 6 nitrogen and oxygen atoms in total.